The fourth-order valence-electron chi connectivity index (χ4n) is 4.50. The lowest BCUT2D eigenvalue weighted by Gasteiger charge is -2.33. The van der Waals surface area contributed by atoms with Crippen LogP contribution < -0.4 is 5.56 Å². The molecule has 1 aromatic heterocycles. The first-order chi connectivity index (χ1) is 11.8. The van der Waals surface area contributed by atoms with E-state index >= 15 is 0 Å². The topological polar surface area (TPSA) is 41.4 Å². The van der Waals surface area contributed by atoms with Gasteiger partial charge in [-0.05, 0) is 82.6 Å². The van der Waals surface area contributed by atoms with Gasteiger partial charge >= 0.3 is 0 Å². The third-order valence-corrected chi connectivity index (χ3v) is 6.09. The molecule has 0 unspecified atom stereocenters. The Bertz CT molecular complexity index is 612. The molecule has 0 saturated carbocycles. The molecule has 0 spiro atoms. The van der Waals surface area contributed by atoms with Gasteiger partial charge in [0.2, 0.25) is 0 Å². The normalized spacial score (nSPS) is 23.0. The van der Waals surface area contributed by atoms with Crippen molar-refractivity contribution in [3.63, 3.8) is 0 Å². The lowest BCUT2D eigenvalue weighted by molar-refractivity contribution is 0.153. The van der Waals surface area contributed by atoms with Crippen LogP contribution >= 0.6 is 0 Å². The van der Waals surface area contributed by atoms with Crippen LogP contribution in [0.25, 0.3) is 0 Å². The van der Waals surface area contributed by atoms with Crippen LogP contribution in [0.15, 0.2) is 10.9 Å². The van der Waals surface area contributed by atoms with Crippen LogP contribution in [0.3, 0.4) is 0 Å². The van der Waals surface area contributed by atoms with Gasteiger partial charge in [0, 0.05) is 25.7 Å². The number of hydrogen-bond donors (Lipinski definition) is 0. The second-order valence-corrected chi connectivity index (χ2v) is 7.82. The molecule has 1 aliphatic carbocycles. The standard InChI is InChI=1S/C19H30N4O/c24-19-14-17-4-3-5-18(17)20-23(19)15-16-6-10-22(11-7-16)13-12-21-8-1-2-9-21/h14,16H,1-13,15H2. The summed E-state index contributed by atoms with van der Waals surface area (Å²) >= 11 is 0. The molecule has 3 heterocycles. The largest absolute Gasteiger partial charge is 0.302 e. The number of aromatic nitrogens is 2. The van der Waals surface area contributed by atoms with Crippen molar-refractivity contribution in [2.75, 3.05) is 39.3 Å². The molecule has 2 saturated heterocycles. The van der Waals surface area contributed by atoms with Crippen LogP contribution in [0.2, 0.25) is 0 Å². The minimum Gasteiger partial charge on any atom is -0.302 e. The van der Waals surface area contributed by atoms with Gasteiger partial charge in [-0.1, -0.05) is 0 Å². The van der Waals surface area contributed by atoms with Gasteiger partial charge in [0.05, 0.1) is 5.69 Å². The first-order valence-corrected chi connectivity index (χ1v) is 9.82. The minimum absolute atomic E-state index is 0.104. The maximum absolute atomic E-state index is 12.3. The number of likely N-dealkylation sites (tertiary alicyclic amines) is 2. The summed E-state index contributed by atoms with van der Waals surface area (Å²) in [7, 11) is 0. The summed E-state index contributed by atoms with van der Waals surface area (Å²) in [5, 5.41) is 4.64. The predicted octanol–water partition coefficient (Wildman–Crippen LogP) is 1.54. The van der Waals surface area contributed by atoms with Crippen molar-refractivity contribution in [3.8, 4) is 0 Å². The van der Waals surface area contributed by atoms with Crippen molar-refractivity contribution in [3.05, 3.63) is 27.7 Å². The van der Waals surface area contributed by atoms with Crippen molar-refractivity contribution in [1.29, 1.82) is 0 Å². The number of hydrogen-bond acceptors (Lipinski definition) is 4. The molecule has 0 radical (unpaired) electrons. The Morgan fingerprint density at radius 1 is 0.958 bits per heavy atom. The first-order valence-electron chi connectivity index (χ1n) is 9.82. The molecule has 5 nitrogen and oxygen atoms in total. The maximum Gasteiger partial charge on any atom is 0.267 e. The van der Waals surface area contributed by atoms with Crippen LogP contribution in [0, 0.1) is 5.92 Å². The Hall–Kier alpha value is -1.20. The van der Waals surface area contributed by atoms with E-state index < -0.39 is 0 Å². The second kappa shape index (κ2) is 7.36. The van der Waals surface area contributed by atoms with Gasteiger partial charge in [-0.15, -0.1) is 0 Å². The van der Waals surface area contributed by atoms with Gasteiger partial charge in [0.1, 0.15) is 0 Å². The van der Waals surface area contributed by atoms with Crippen molar-refractivity contribution >= 4 is 0 Å². The Balaban J connectivity index is 1.26. The second-order valence-electron chi connectivity index (χ2n) is 7.82. The van der Waals surface area contributed by atoms with Crippen LogP contribution in [0.4, 0.5) is 0 Å². The lowest BCUT2D eigenvalue weighted by atomic mass is 9.97. The zero-order valence-electron chi connectivity index (χ0n) is 14.8. The van der Waals surface area contributed by atoms with E-state index in [4.69, 9.17) is 0 Å². The molecule has 0 bridgehead atoms. The number of piperidine rings is 1. The van der Waals surface area contributed by atoms with Crippen molar-refractivity contribution in [1.82, 2.24) is 19.6 Å². The predicted molar refractivity (Wildman–Crippen MR) is 95.4 cm³/mol. The van der Waals surface area contributed by atoms with Gasteiger partial charge in [-0.3, -0.25) is 4.79 Å². The first kappa shape index (κ1) is 16.3. The van der Waals surface area contributed by atoms with E-state index in [0.717, 1.165) is 31.5 Å². The molecule has 5 heteroatoms. The van der Waals surface area contributed by atoms with E-state index in [1.54, 1.807) is 4.68 Å². The van der Waals surface area contributed by atoms with E-state index in [-0.39, 0.29) is 5.56 Å². The average molecular weight is 330 g/mol. The molecule has 132 valence electrons. The molecule has 1 aromatic rings. The molecule has 0 amide bonds. The Morgan fingerprint density at radius 2 is 1.67 bits per heavy atom. The summed E-state index contributed by atoms with van der Waals surface area (Å²) < 4.78 is 1.74. The summed E-state index contributed by atoms with van der Waals surface area (Å²) in [5.74, 6) is 0.609. The smallest absolute Gasteiger partial charge is 0.267 e. The summed E-state index contributed by atoms with van der Waals surface area (Å²) in [6.07, 6.45) is 8.39. The fourth-order valence-corrected chi connectivity index (χ4v) is 4.50. The van der Waals surface area contributed by atoms with Crippen LogP contribution in [-0.4, -0.2) is 58.8 Å². The van der Waals surface area contributed by atoms with Crippen LogP contribution in [-0.2, 0) is 19.4 Å². The molecule has 0 atom stereocenters. The van der Waals surface area contributed by atoms with Crippen molar-refractivity contribution in [2.24, 2.45) is 5.92 Å². The van der Waals surface area contributed by atoms with Crippen molar-refractivity contribution in [2.45, 2.75) is 51.5 Å². The van der Waals surface area contributed by atoms with E-state index in [2.05, 4.69) is 14.9 Å². The number of nitrogens with zero attached hydrogens (tertiary/aromatic N) is 4. The summed E-state index contributed by atoms with van der Waals surface area (Å²) in [5.41, 5.74) is 2.46. The summed E-state index contributed by atoms with van der Waals surface area (Å²) in [6, 6.07) is 1.83. The summed E-state index contributed by atoms with van der Waals surface area (Å²) in [6.45, 7) is 8.20. The van der Waals surface area contributed by atoms with Gasteiger partial charge in [0.15, 0.2) is 0 Å². The highest BCUT2D eigenvalue weighted by molar-refractivity contribution is 5.22. The molecule has 0 aromatic carbocycles. The highest BCUT2D eigenvalue weighted by atomic mass is 16.1. The van der Waals surface area contributed by atoms with Gasteiger partial charge in [-0.2, -0.15) is 5.10 Å². The molecule has 4 rings (SSSR count). The zero-order chi connectivity index (χ0) is 16.4. The third kappa shape index (κ3) is 3.72. The Labute approximate surface area is 144 Å². The zero-order valence-corrected chi connectivity index (χ0v) is 14.8. The summed E-state index contributed by atoms with van der Waals surface area (Å²) in [4.78, 5) is 17.5. The molecule has 2 aliphatic heterocycles. The van der Waals surface area contributed by atoms with E-state index in [0.29, 0.717) is 5.92 Å². The highest BCUT2D eigenvalue weighted by Crippen LogP contribution is 2.20. The van der Waals surface area contributed by atoms with Gasteiger partial charge in [0.25, 0.3) is 5.56 Å². The molecule has 0 N–H and O–H groups in total. The van der Waals surface area contributed by atoms with E-state index in [9.17, 15) is 4.79 Å². The molecular weight excluding hydrogens is 300 g/mol. The van der Waals surface area contributed by atoms with E-state index in [1.807, 2.05) is 6.07 Å². The molecule has 3 aliphatic rings. The monoisotopic (exact) mass is 330 g/mol. The third-order valence-electron chi connectivity index (χ3n) is 6.09. The number of aryl methyl sites for hydroxylation is 2. The highest BCUT2D eigenvalue weighted by Gasteiger charge is 2.22. The SMILES string of the molecule is O=c1cc2c(nn1CC1CCN(CCN3CCCC3)CC1)CCC2. The molecule has 2 fully saturated rings. The van der Waals surface area contributed by atoms with Gasteiger partial charge in [-0.25, -0.2) is 4.68 Å². The van der Waals surface area contributed by atoms with Crippen molar-refractivity contribution < 1.29 is 0 Å². The number of fused-ring (bicyclic) bond motifs is 1. The van der Waals surface area contributed by atoms with Gasteiger partial charge < -0.3 is 9.80 Å². The van der Waals surface area contributed by atoms with E-state index in [1.165, 1.54) is 70.5 Å². The number of rotatable bonds is 5. The Kier molecular flexibility index (Phi) is 4.99. The van der Waals surface area contributed by atoms with Crippen LogP contribution in [0.5, 0.6) is 0 Å². The maximum atomic E-state index is 12.3. The minimum atomic E-state index is 0.104. The fraction of sp³-hybridized carbons (Fsp3) is 0.789. The Morgan fingerprint density at radius 3 is 2.42 bits per heavy atom. The quantitative estimate of drug-likeness (QED) is 0.821. The molecular formula is C19H30N4O. The van der Waals surface area contributed by atoms with Crippen LogP contribution in [0.1, 0.15) is 43.4 Å². The average Bonchev–Trinajstić information content (AvgIpc) is 3.26. The lowest BCUT2D eigenvalue weighted by Crippen LogP contribution is -2.40. The molecule has 24 heavy (non-hydrogen) atoms.